The fourth-order valence-electron chi connectivity index (χ4n) is 10.8. The van der Waals surface area contributed by atoms with Gasteiger partial charge >= 0.3 is 14.6 Å². The number of carbonyl (C=O) groups is 3. The Labute approximate surface area is 475 Å². The molecule has 0 unspecified atom stereocenters. The number of carbonyl (C=O) groups excluding carboxylic acids is 3. The normalized spacial score (nSPS) is 15.9. The maximum absolute atomic E-state index is 12.6. The lowest BCUT2D eigenvalue weighted by atomic mass is 10.1. The molecule has 3 aliphatic rings. The number of hydrogen-bond donors (Lipinski definition) is 0. The van der Waals surface area contributed by atoms with Crippen LogP contribution in [0.1, 0.15) is 124 Å². The summed E-state index contributed by atoms with van der Waals surface area (Å²) in [5.74, 6) is 0.0690. The van der Waals surface area contributed by atoms with Crippen molar-refractivity contribution in [3.8, 4) is 0 Å². The van der Waals surface area contributed by atoms with E-state index in [4.69, 9.17) is 4.42 Å². The van der Waals surface area contributed by atoms with E-state index in [9.17, 15) is 28.8 Å². The number of fused-ring (bicyclic) bond motifs is 3. The molecule has 0 saturated carbocycles. The number of aromatic nitrogens is 4. The summed E-state index contributed by atoms with van der Waals surface area (Å²) in [6.07, 6.45) is 18.5. The van der Waals surface area contributed by atoms with Crippen LogP contribution in [0.15, 0.2) is 134 Å². The molecular formula is C61H67N7O7S4. The molecule has 79 heavy (non-hydrogen) atoms. The van der Waals surface area contributed by atoms with Crippen molar-refractivity contribution in [1.29, 1.82) is 0 Å². The smallest absolute Gasteiger partial charge is 0.308 e. The van der Waals surface area contributed by atoms with Gasteiger partial charge in [-0.15, -0.1) is 11.3 Å². The van der Waals surface area contributed by atoms with Crippen LogP contribution in [0.4, 0.5) is 0 Å². The third-order valence-corrected chi connectivity index (χ3v) is 18.9. The van der Waals surface area contributed by atoms with Crippen LogP contribution in [0, 0.1) is 0 Å². The molecule has 0 aliphatic carbocycles. The Morgan fingerprint density at radius 2 is 0.873 bits per heavy atom. The van der Waals surface area contributed by atoms with Crippen LogP contribution < -0.4 is 14.6 Å². The average Bonchev–Trinajstić information content (AvgIpc) is 4.38. The zero-order chi connectivity index (χ0) is 54.5. The van der Waals surface area contributed by atoms with Gasteiger partial charge in [-0.25, -0.2) is 0 Å². The molecular weight excluding hydrogens is 1070 g/mol. The van der Waals surface area contributed by atoms with Crippen molar-refractivity contribution in [1.82, 2.24) is 33.4 Å². The van der Waals surface area contributed by atoms with Crippen LogP contribution in [0.3, 0.4) is 0 Å². The summed E-state index contributed by atoms with van der Waals surface area (Å²) in [6.45, 7) is 11.6. The molecule has 9 aromatic rings. The highest BCUT2D eigenvalue weighted by atomic mass is 32.1. The Balaban J connectivity index is 0.000000134. The third kappa shape index (κ3) is 14.2. The molecule has 9 heterocycles. The minimum Gasteiger partial charge on any atom is -0.461 e. The lowest BCUT2D eigenvalue weighted by Crippen LogP contribution is -2.30. The highest BCUT2D eigenvalue weighted by Crippen LogP contribution is 2.26. The topological polar surface area (TPSA) is 153 Å². The molecule has 0 atom stereocenters. The van der Waals surface area contributed by atoms with Gasteiger partial charge in [0.15, 0.2) is 5.76 Å². The molecule has 0 bridgehead atoms. The summed E-state index contributed by atoms with van der Waals surface area (Å²) in [5.41, 5.74) is 4.96. The quantitative estimate of drug-likeness (QED) is 0.0902. The lowest BCUT2D eigenvalue weighted by molar-refractivity contribution is 0.101. The number of rotatable bonds is 15. The maximum Gasteiger partial charge on any atom is 0.308 e. The number of nitrogens with zero attached hydrogens (tertiary/aromatic N) is 7. The number of hydrogen-bond acceptors (Lipinski definition) is 15. The van der Waals surface area contributed by atoms with Crippen molar-refractivity contribution >= 4 is 93.3 Å². The van der Waals surface area contributed by atoms with Crippen LogP contribution in [-0.4, -0.2) is 110 Å². The molecule has 0 amide bonds. The van der Waals surface area contributed by atoms with Crippen molar-refractivity contribution in [2.24, 2.45) is 0 Å². The monoisotopic (exact) mass is 1140 g/mol. The molecule has 18 heteroatoms. The average molecular weight is 1140 g/mol. The van der Waals surface area contributed by atoms with Crippen LogP contribution in [-0.2, 0) is 19.6 Å². The van der Waals surface area contributed by atoms with E-state index < -0.39 is 0 Å². The zero-order valence-electron chi connectivity index (χ0n) is 44.6. The zero-order valence-corrected chi connectivity index (χ0v) is 47.8. The minimum absolute atomic E-state index is 0.0267. The van der Waals surface area contributed by atoms with E-state index in [1.54, 1.807) is 54.7 Å². The molecule has 6 aromatic heterocycles. The first-order chi connectivity index (χ1) is 38.7. The van der Waals surface area contributed by atoms with Gasteiger partial charge < -0.3 is 19.1 Å². The van der Waals surface area contributed by atoms with E-state index in [1.807, 2.05) is 67.6 Å². The molecule has 0 N–H and O–H groups in total. The summed E-state index contributed by atoms with van der Waals surface area (Å²) in [7, 11) is 0. The van der Waals surface area contributed by atoms with E-state index >= 15 is 0 Å². The van der Waals surface area contributed by atoms with Gasteiger partial charge in [0.1, 0.15) is 5.69 Å². The van der Waals surface area contributed by atoms with Crippen molar-refractivity contribution < 1.29 is 18.8 Å². The second-order valence-corrected chi connectivity index (χ2v) is 24.5. The molecule has 14 nitrogen and oxygen atoms in total. The summed E-state index contributed by atoms with van der Waals surface area (Å²) in [5, 5.41) is 1.91. The van der Waals surface area contributed by atoms with Gasteiger partial charge in [0, 0.05) is 62.2 Å². The molecule has 412 valence electrons. The van der Waals surface area contributed by atoms with Crippen molar-refractivity contribution in [2.45, 2.75) is 96.7 Å². The van der Waals surface area contributed by atoms with Crippen molar-refractivity contribution in [3.63, 3.8) is 0 Å². The Morgan fingerprint density at radius 3 is 1.25 bits per heavy atom. The van der Waals surface area contributed by atoms with Gasteiger partial charge in [-0.05, 0) is 168 Å². The number of furan rings is 1. The first-order valence-corrected chi connectivity index (χ1v) is 31.2. The molecule has 3 saturated heterocycles. The van der Waals surface area contributed by atoms with E-state index in [2.05, 4.69) is 19.7 Å². The number of ketones is 3. The lowest BCUT2D eigenvalue weighted by Gasteiger charge is -2.19. The number of pyridine rings is 1. The second kappa shape index (κ2) is 27.3. The Morgan fingerprint density at radius 1 is 0.443 bits per heavy atom. The summed E-state index contributed by atoms with van der Waals surface area (Å²) in [6, 6.07) is 29.0. The molecule has 3 fully saturated rings. The molecule has 3 aliphatic heterocycles. The van der Waals surface area contributed by atoms with E-state index in [0.717, 1.165) is 101 Å². The standard InChI is InChI=1S/C21H23N3O2S.C20H22N2O3S.C20H22N2O2S2/c25-20(17-7-3-4-10-22-17)16-8-9-18-19(15-16)27-21(26)24(18)14-13-23-11-5-1-2-6-12-23;2*23-19(17-6-5-13-25-17)15-7-8-16-18(14-15)26-20(24)22(16)12-11-21-9-3-1-2-4-10-21/h3-4,7-10,15H,1-2,5-6,11-14H2;2*5-8,13-14H,1-4,9-12H2. The molecule has 0 spiro atoms. The number of thiazole rings is 3. The summed E-state index contributed by atoms with van der Waals surface area (Å²) < 4.78 is 13.3. The van der Waals surface area contributed by atoms with Crippen molar-refractivity contribution in [2.75, 3.05) is 58.9 Å². The van der Waals surface area contributed by atoms with Crippen molar-refractivity contribution in [3.05, 3.63) is 177 Å². The first kappa shape index (κ1) is 56.0. The fraction of sp³-hybridized carbons (Fsp3) is 0.393. The van der Waals surface area contributed by atoms with Gasteiger partial charge in [0.05, 0.1) is 41.8 Å². The largest absolute Gasteiger partial charge is 0.461 e. The summed E-state index contributed by atoms with van der Waals surface area (Å²) in [4.78, 5) is 87.4. The number of thiophene rings is 1. The van der Waals surface area contributed by atoms with Crippen LogP contribution in [0.25, 0.3) is 30.6 Å². The molecule has 3 aromatic carbocycles. The fourth-order valence-corrected chi connectivity index (χ4v) is 14.4. The van der Waals surface area contributed by atoms with Crippen LogP contribution in [0.5, 0.6) is 0 Å². The Bertz CT molecular complexity index is 3480. The minimum atomic E-state index is -0.158. The van der Waals surface area contributed by atoms with Gasteiger partial charge in [0.2, 0.25) is 17.3 Å². The van der Waals surface area contributed by atoms with Crippen LogP contribution >= 0.6 is 45.3 Å². The van der Waals surface area contributed by atoms with Gasteiger partial charge in [0.25, 0.3) is 0 Å². The predicted octanol–water partition coefficient (Wildman–Crippen LogP) is 11.6. The number of likely N-dealkylation sites (tertiary alicyclic amines) is 3. The van der Waals surface area contributed by atoms with Gasteiger partial charge in [-0.2, -0.15) is 0 Å². The van der Waals surface area contributed by atoms with Gasteiger partial charge in [-0.1, -0.05) is 84.7 Å². The van der Waals surface area contributed by atoms with E-state index in [1.165, 1.54) is 129 Å². The first-order valence-electron chi connectivity index (χ1n) is 27.9. The van der Waals surface area contributed by atoms with E-state index in [0.29, 0.717) is 41.2 Å². The Kier molecular flexibility index (Phi) is 19.3. The Hall–Kier alpha value is -6.25. The number of benzene rings is 3. The summed E-state index contributed by atoms with van der Waals surface area (Å²) >= 11 is 5.10. The van der Waals surface area contributed by atoms with Gasteiger partial charge in [-0.3, -0.25) is 47.5 Å². The SMILES string of the molecule is O=C(c1ccc2c(c1)sc(=O)n2CCN1CCCCCC1)c1ccccn1.O=C(c1ccc2c(c1)sc(=O)n2CCN1CCCCCC1)c1ccco1.O=C(c1ccc2c(c1)sc(=O)n2CCN1CCCCCC1)c1cccs1. The molecule has 0 radical (unpaired) electrons. The van der Waals surface area contributed by atoms with E-state index in [-0.39, 0.29) is 32.0 Å². The maximum atomic E-state index is 12.6. The second-order valence-electron chi connectivity index (χ2n) is 20.5. The predicted molar refractivity (Wildman–Crippen MR) is 321 cm³/mol. The van der Waals surface area contributed by atoms with Crippen LogP contribution in [0.2, 0.25) is 0 Å². The third-order valence-electron chi connectivity index (χ3n) is 15.2. The molecule has 12 rings (SSSR count). The highest BCUT2D eigenvalue weighted by Gasteiger charge is 2.20. The highest BCUT2D eigenvalue weighted by molar-refractivity contribution is 7.17.